The van der Waals surface area contributed by atoms with E-state index in [-0.39, 0.29) is 0 Å². The lowest BCUT2D eigenvalue weighted by Gasteiger charge is -2.02. The molecule has 1 saturated heterocycles. The Morgan fingerprint density at radius 1 is 1.62 bits per heavy atom. The number of rotatable bonds is 3. The van der Waals surface area contributed by atoms with E-state index in [9.17, 15) is 0 Å². The molecule has 1 fully saturated rings. The first kappa shape index (κ1) is 9.02. The van der Waals surface area contributed by atoms with Crippen LogP contribution in [0.25, 0.3) is 0 Å². The van der Waals surface area contributed by atoms with E-state index in [4.69, 9.17) is 10.3 Å². The van der Waals surface area contributed by atoms with E-state index in [0.717, 1.165) is 12.2 Å². The maximum atomic E-state index is 5.37. The fourth-order valence-corrected chi connectivity index (χ4v) is 2.73. The van der Waals surface area contributed by atoms with E-state index >= 15 is 0 Å². The molecule has 2 rings (SSSR count). The van der Waals surface area contributed by atoms with Crippen molar-refractivity contribution in [3.8, 4) is 0 Å². The van der Waals surface area contributed by atoms with Gasteiger partial charge < -0.3 is 10.3 Å². The molecule has 0 bridgehead atoms. The molecule has 4 nitrogen and oxygen atoms in total. The molecule has 0 amide bonds. The van der Waals surface area contributed by atoms with E-state index in [2.05, 4.69) is 10.1 Å². The Morgan fingerprint density at radius 3 is 3.15 bits per heavy atom. The van der Waals surface area contributed by atoms with Gasteiger partial charge in [-0.25, -0.2) is 0 Å². The fraction of sp³-hybridized carbons (Fsp3) is 0.750. The van der Waals surface area contributed by atoms with Crippen molar-refractivity contribution in [1.82, 2.24) is 10.1 Å². The molecule has 2 heterocycles. The summed E-state index contributed by atoms with van der Waals surface area (Å²) < 4.78 is 4.93. The number of nitrogens with two attached hydrogens (primary N) is 1. The molecule has 0 aromatic carbocycles. The first-order valence-corrected chi connectivity index (χ1v) is 5.56. The molecule has 1 atom stereocenters. The van der Waals surface area contributed by atoms with Crippen molar-refractivity contribution in [3.05, 3.63) is 11.7 Å². The largest absolute Gasteiger partial charge is 0.338 e. The lowest BCUT2D eigenvalue weighted by Crippen LogP contribution is -2.04. The number of nitrogens with zero attached hydrogens (tertiary/aromatic N) is 2. The molecule has 0 aliphatic carbocycles. The van der Waals surface area contributed by atoms with Gasteiger partial charge in [0.2, 0.25) is 5.89 Å². The minimum atomic E-state index is 0.338. The van der Waals surface area contributed by atoms with E-state index in [1.165, 1.54) is 18.6 Å². The topological polar surface area (TPSA) is 64.9 Å². The van der Waals surface area contributed by atoms with Crippen LogP contribution >= 0.6 is 11.8 Å². The summed E-state index contributed by atoms with van der Waals surface area (Å²) in [5.74, 6) is 2.62. The predicted octanol–water partition coefficient (Wildman–Crippen LogP) is 0.966. The smallest absolute Gasteiger partial charge is 0.240 e. The molecule has 1 aliphatic rings. The highest BCUT2D eigenvalue weighted by molar-refractivity contribution is 8.00. The van der Waals surface area contributed by atoms with Crippen molar-refractivity contribution in [3.63, 3.8) is 0 Å². The number of hydrogen-bond donors (Lipinski definition) is 1. The van der Waals surface area contributed by atoms with Crippen molar-refractivity contribution in [2.24, 2.45) is 5.73 Å². The second-order valence-corrected chi connectivity index (χ2v) is 4.56. The minimum absolute atomic E-state index is 0.338. The SMILES string of the molecule is NCc1nc(CC2CCCS2)no1. The summed E-state index contributed by atoms with van der Waals surface area (Å²) in [6.07, 6.45) is 3.52. The van der Waals surface area contributed by atoms with Crippen molar-refractivity contribution >= 4 is 11.8 Å². The molecule has 72 valence electrons. The van der Waals surface area contributed by atoms with E-state index < -0.39 is 0 Å². The van der Waals surface area contributed by atoms with Gasteiger partial charge in [-0.05, 0) is 18.6 Å². The van der Waals surface area contributed by atoms with Crippen LogP contribution in [-0.4, -0.2) is 21.1 Å². The van der Waals surface area contributed by atoms with Gasteiger partial charge in [0, 0.05) is 11.7 Å². The van der Waals surface area contributed by atoms with Gasteiger partial charge in [-0.3, -0.25) is 0 Å². The molecule has 1 unspecified atom stereocenters. The van der Waals surface area contributed by atoms with Gasteiger partial charge >= 0.3 is 0 Å². The summed E-state index contributed by atoms with van der Waals surface area (Å²) in [7, 11) is 0. The van der Waals surface area contributed by atoms with Crippen molar-refractivity contribution < 1.29 is 4.52 Å². The number of thioether (sulfide) groups is 1. The Labute approximate surface area is 81.3 Å². The summed E-state index contributed by atoms with van der Waals surface area (Å²) in [5, 5.41) is 4.55. The first-order valence-electron chi connectivity index (χ1n) is 4.51. The maximum Gasteiger partial charge on any atom is 0.240 e. The third-order valence-corrected chi connectivity index (χ3v) is 3.52. The van der Waals surface area contributed by atoms with Gasteiger partial charge in [0.15, 0.2) is 5.82 Å². The Kier molecular flexibility index (Phi) is 2.85. The highest BCUT2D eigenvalue weighted by Gasteiger charge is 2.18. The molecule has 1 aromatic heterocycles. The summed E-state index contributed by atoms with van der Waals surface area (Å²) >= 11 is 2.00. The normalized spacial score (nSPS) is 22.4. The second kappa shape index (κ2) is 4.11. The molecular formula is C8H13N3OS. The van der Waals surface area contributed by atoms with Crippen LogP contribution in [0.3, 0.4) is 0 Å². The van der Waals surface area contributed by atoms with Crippen LogP contribution in [0.2, 0.25) is 0 Å². The van der Waals surface area contributed by atoms with Crippen LogP contribution in [0.5, 0.6) is 0 Å². The zero-order chi connectivity index (χ0) is 9.10. The summed E-state index contributed by atoms with van der Waals surface area (Å²) in [5.41, 5.74) is 5.37. The van der Waals surface area contributed by atoms with E-state index in [0.29, 0.717) is 17.7 Å². The highest BCUT2D eigenvalue weighted by Crippen LogP contribution is 2.28. The predicted molar refractivity (Wildman–Crippen MR) is 51.4 cm³/mol. The first-order chi connectivity index (χ1) is 6.38. The van der Waals surface area contributed by atoms with Gasteiger partial charge in [-0.1, -0.05) is 5.16 Å². The zero-order valence-electron chi connectivity index (χ0n) is 7.40. The molecule has 0 spiro atoms. The molecule has 0 saturated carbocycles. The van der Waals surface area contributed by atoms with Crippen LogP contribution in [0.4, 0.5) is 0 Å². The second-order valence-electron chi connectivity index (χ2n) is 3.15. The fourth-order valence-electron chi connectivity index (χ4n) is 1.46. The third kappa shape index (κ3) is 2.22. The van der Waals surface area contributed by atoms with Gasteiger partial charge in [0.1, 0.15) is 0 Å². The van der Waals surface area contributed by atoms with Crippen LogP contribution in [0.15, 0.2) is 4.52 Å². The van der Waals surface area contributed by atoms with E-state index in [1.807, 2.05) is 11.8 Å². The van der Waals surface area contributed by atoms with Gasteiger partial charge in [-0.15, -0.1) is 0 Å². The number of aromatic nitrogens is 2. The average molecular weight is 199 g/mol. The van der Waals surface area contributed by atoms with Crippen LogP contribution < -0.4 is 5.73 Å². The molecule has 1 aliphatic heterocycles. The molecule has 0 radical (unpaired) electrons. The van der Waals surface area contributed by atoms with Crippen LogP contribution in [0, 0.1) is 0 Å². The summed E-state index contributed by atoms with van der Waals surface area (Å²) in [4.78, 5) is 4.18. The van der Waals surface area contributed by atoms with Gasteiger partial charge in [0.25, 0.3) is 0 Å². The molecule has 2 N–H and O–H groups in total. The summed E-state index contributed by atoms with van der Waals surface area (Å²) in [6.45, 7) is 0.338. The Bertz CT molecular complexity index is 270. The summed E-state index contributed by atoms with van der Waals surface area (Å²) in [6, 6.07) is 0. The quantitative estimate of drug-likeness (QED) is 0.785. The molecule has 1 aromatic rings. The van der Waals surface area contributed by atoms with E-state index in [1.54, 1.807) is 0 Å². The Balaban J connectivity index is 1.92. The molecular weight excluding hydrogens is 186 g/mol. The van der Waals surface area contributed by atoms with Gasteiger partial charge in [0.05, 0.1) is 6.54 Å². The Morgan fingerprint density at radius 2 is 2.54 bits per heavy atom. The average Bonchev–Trinajstić information content (AvgIpc) is 2.76. The Hall–Kier alpha value is -0.550. The van der Waals surface area contributed by atoms with Crippen molar-refractivity contribution in [2.75, 3.05) is 5.75 Å². The maximum absolute atomic E-state index is 5.37. The highest BCUT2D eigenvalue weighted by atomic mass is 32.2. The number of hydrogen-bond acceptors (Lipinski definition) is 5. The van der Waals surface area contributed by atoms with Crippen LogP contribution in [0.1, 0.15) is 24.6 Å². The molecule has 5 heteroatoms. The van der Waals surface area contributed by atoms with Crippen molar-refractivity contribution in [1.29, 1.82) is 0 Å². The van der Waals surface area contributed by atoms with Crippen molar-refractivity contribution in [2.45, 2.75) is 31.1 Å². The monoisotopic (exact) mass is 199 g/mol. The molecule has 13 heavy (non-hydrogen) atoms. The lowest BCUT2D eigenvalue weighted by molar-refractivity contribution is 0.374. The minimum Gasteiger partial charge on any atom is -0.338 e. The third-order valence-electron chi connectivity index (χ3n) is 2.12. The zero-order valence-corrected chi connectivity index (χ0v) is 8.22. The van der Waals surface area contributed by atoms with Gasteiger partial charge in [-0.2, -0.15) is 16.7 Å². The lowest BCUT2D eigenvalue weighted by atomic mass is 10.2. The van der Waals surface area contributed by atoms with Crippen LogP contribution in [-0.2, 0) is 13.0 Å². The standard InChI is InChI=1S/C8H13N3OS/c9-5-8-10-7(11-12-8)4-6-2-1-3-13-6/h6H,1-5,9H2.